The SMILES string of the molecule is NC(Cc1cccc(Br)c1)C1C2CC3CC(C2)CC1C3. The Bertz CT molecular complexity index is 470. The van der Waals surface area contributed by atoms with Gasteiger partial charge in [-0.15, -0.1) is 0 Å². The standard InChI is InChI=1S/C18H24BrN/c19-16-3-1-2-11(9-16)10-17(20)18-14-5-12-4-13(7-14)8-15(18)6-12/h1-3,9,12-15,17-18H,4-8,10,20H2. The average molecular weight is 334 g/mol. The summed E-state index contributed by atoms with van der Waals surface area (Å²) in [5.41, 5.74) is 8.06. The summed E-state index contributed by atoms with van der Waals surface area (Å²) in [4.78, 5) is 0. The predicted molar refractivity (Wildman–Crippen MR) is 86.4 cm³/mol. The lowest BCUT2D eigenvalue weighted by Crippen LogP contribution is -2.52. The molecule has 20 heavy (non-hydrogen) atoms. The van der Waals surface area contributed by atoms with Crippen molar-refractivity contribution in [3.8, 4) is 0 Å². The first kappa shape index (κ1) is 13.3. The van der Waals surface area contributed by atoms with Crippen LogP contribution in [-0.2, 0) is 6.42 Å². The van der Waals surface area contributed by atoms with Crippen molar-refractivity contribution in [3.05, 3.63) is 34.3 Å². The van der Waals surface area contributed by atoms with E-state index in [-0.39, 0.29) is 0 Å². The van der Waals surface area contributed by atoms with Crippen molar-refractivity contribution in [2.75, 3.05) is 0 Å². The Morgan fingerprint density at radius 1 is 1.05 bits per heavy atom. The zero-order valence-corrected chi connectivity index (χ0v) is 13.6. The van der Waals surface area contributed by atoms with Gasteiger partial charge in [0.2, 0.25) is 0 Å². The molecule has 4 fully saturated rings. The van der Waals surface area contributed by atoms with Gasteiger partial charge in [0.25, 0.3) is 0 Å². The van der Waals surface area contributed by atoms with E-state index in [1.54, 1.807) is 0 Å². The number of hydrogen-bond donors (Lipinski definition) is 1. The Hall–Kier alpha value is -0.340. The minimum absolute atomic E-state index is 0.360. The summed E-state index contributed by atoms with van der Waals surface area (Å²) in [7, 11) is 0. The Kier molecular flexibility index (Phi) is 3.42. The van der Waals surface area contributed by atoms with Crippen LogP contribution in [0.4, 0.5) is 0 Å². The van der Waals surface area contributed by atoms with Crippen LogP contribution in [0.2, 0.25) is 0 Å². The smallest absolute Gasteiger partial charge is 0.0178 e. The first-order valence-corrected chi connectivity index (χ1v) is 8.98. The van der Waals surface area contributed by atoms with E-state index < -0.39 is 0 Å². The Labute approximate surface area is 130 Å². The fraction of sp³-hybridized carbons (Fsp3) is 0.667. The van der Waals surface area contributed by atoms with Crippen LogP contribution in [-0.4, -0.2) is 6.04 Å². The van der Waals surface area contributed by atoms with Crippen LogP contribution in [0.1, 0.15) is 37.7 Å². The molecule has 4 aliphatic carbocycles. The molecule has 2 N–H and O–H groups in total. The van der Waals surface area contributed by atoms with E-state index in [1.807, 2.05) is 0 Å². The minimum Gasteiger partial charge on any atom is -0.327 e. The van der Waals surface area contributed by atoms with Gasteiger partial charge in [-0.3, -0.25) is 0 Å². The third-order valence-electron chi connectivity index (χ3n) is 6.15. The van der Waals surface area contributed by atoms with Crippen molar-refractivity contribution < 1.29 is 0 Å². The molecule has 5 rings (SSSR count). The largest absolute Gasteiger partial charge is 0.327 e. The molecule has 0 saturated heterocycles. The highest BCUT2D eigenvalue weighted by Gasteiger charge is 2.49. The highest BCUT2D eigenvalue weighted by Crippen LogP contribution is 2.57. The molecule has 0 radical (unpaired) electrons. The number of benzene rings is 1. The van der Waals surface area contributed by atoms with Crippen LogP contribution in [0, 0.1) is 29.6 Å². The third-order valence-corrected chi connectivity index (χ3v) is 6.65. The molecule has 0 aromatic heterocycles. The van der Waals surface area contributed by atoms with E-state index in [4.69, 9.17) is 5.73 Å². The topological polar surface area (TPSA) is 26.0 Å². The molecule has 0 amide bonds. The van der Waals surface area contributed by atoms with Crippen LogP contribution in [0.15, 0.2) is 28.7 Å². The fourth-order valence-corrected chi connectivity index (χ4v) is 6.19. The van der Waals surface area contributed by atoms with E-state index in [2.05, 4.69) is 40.2 Å². The molecule has 0 aliphatic heterocycles. The van der Waals surface area contributed by atoms with Crippen LogP contribution < -0.4 is 5.73 Å². The lowest BCUT2D eigenvalue weighted by atomic mass is 9.50. The zero-order chi connectivity index (χ0) is 13.7. The molecule has 4 saturated carbocycles. The van der Waals surface area contributed by atoms with Crippen molar-refractivity contribution >= 4 is 15.9 Å². The van der Waals surface area contributed by atoms with Crippen LogP contribution in [0.25, 0.3) is 0 Å². The Balaban J connectivity index is 1.50. The summed E-state index contributed by atoms with van der Waals surface area (Å²) in [5, 5.41) is 0. The molecule has 1 aromatic rings. The molecular formula is C18H24BrN. The number of rotatable bonds is 3. The van der Waals surface area contributed by atoms with Gasteiger partial charge in [-0.2, -0.15) is 0 Å². The summed E-state index contributed by atoms with van der Waals surface area (Å²) in [5.74, 6) is 4.77. The van der Waals surface area contributed by atoms with Crippen molar-refractivity contribution in [3.63, 3.8) is 0 Å². The summed E-state index contributed by atoms with van der Waals surface area (Å²) in [6.45, 7) is 0. The first-order chi connectivity index (χ1) is 9.69. The fourth-order valence-electron chi connectivity index (χ4n) is 5.74. The highest BCUT2D eigenvalue weighted by molar-refractivity contribution is 9.10. The van der Waals surface area contributed by atoms with E-state index in [0.29, 0.717) is 6.04 Å². The Morgan fingerprint density at radius 2 is 1.70 bits per heavy atom. The van der Waals surface area contributed by atoms with E-state index in [9.17, 15) is 0 Å². The van der Waals surface area contributed by atoms with Gasteiger partial charge >= 0.3 is 0 Å². The van der Waals surface area contributed by atoms with Gasteiger partial charge in [0.05, 0.1) is 0 Å². The van der Waals surface area contributed by atoms with E-state index in [1.165, 1.54) is 42.1 Å². The van der Waals surface area contributed by atoms with Crippen molar-refractivity contribution in [2.24, 2.45) is 35.3 Å². The summed E-state index contributed by atoms with van der Waals surface area (Å²) >= 11 is 3.57. The molecule has 4 aliphatic rings. The molecule has 0 spiro atoms. The van der Waals surface area contributed by atoms with Gasteiger partial charge in [0, 0.05) is 10.5 Å². The first-order valence-electron chi connectivity index (χ1n) is 8.19. The molecule has 1 atom stereocenters. The van der Waals surface area contributed by atoms with Crippen molar-refractivity contribution in [1.29, 1.82) is 0 Å². The highest BCUT2D eigenvalue weighted by atomic mass is 79.9. The Morgan fingerprint density at radius 3 is 2.30 bits per heavy atom. The lowest BCUT2D eigenvalue weighted by molar-refractivity contribution is -0.0464. The van der Waals surface area contributed by atoms with Crippen LogP contribution in [0.5, 0.6) is 0 Å². The zero-order valence-electron chi connectivity index (χ0n) is 12.0. The molecule has 1 unspecified atom stereocenters. The van der Waals surface area contributed by atoms with Crippen molar-refractivity contribution in [1.82, 2.24) is 0 Å². The molecular weight excluding hydrogens is 310 g/mol. The monoisotopic (exact) mass is 333 g/mol. The second-order valence-electron chi connectivity index (χ2n) is 7.51. The molecule has 1 nitrogen and oxygen atoms in total. The summed E-state index contributed by atoms with van der Waals surface area (Å²) < 4.78 is 1.17. The maximum Gasteiger partial charge on any atom is 0.0178 e. The quantitative estimate of drug-likeness (QED) is 0.872. The van der Waals surface area contributed by atoms with E-state index >= 15 is 0 Å². The predicted octanol–water partition coefficient (Wildman–Crippen LogP) is 4.39. The normalized spacial score (nSPS) is 40.0. The minimum atomic E-state index is 0.360. The summed E-state index contributed by atoms with van der Waals surface area (Å²) in [6, 6.07) is 9.04. The number of hydrogen-bond acceptors (Lipinski definition) is 1. The van der Waals surface area contributed by atoms with Gasteiger partial charge < -0.3 is 5.73 Å². The second kappa shape index (κ2) is 5.14. The molecule has 4 bridgehead atoms. The molecule has 1 aromatic carbocycles. The third kappa shape index (κ3) is 2.35. The van der Waals surface area contributed by atoms with Gasteiger partial charge in [-0.25, -0.2) is 0 Å². The molecule has 108 valence electrons. The molecule has 2 heteroatoms. The van der Waals surface area contributed by atoms with Gasteiger partial charge in [-0.1, -0.05) is 28.1 Å². The average Bonchev–Trinajstić information content (AvgIpc) is 2.37. The van der Waals surface area contributed by atoms with E-state index in [0.717, 1.165) is 36.0 Å². The number of nitrogens with two attached hydrogens (primary N) is 1. The second-order valence-corrected chi connectivity index (χ2v) is 8.42. The van der Waals surface area contributed by atoms with Gasteiger partial charge in [-0.05, 0) is 85.8 Å². The number of halogens is 1. The maximum atomic E-state index is 6.67. The van der Waals surface area contributed by atoms with Crippen LogP contribution in [0.3, 0.4) is 0 Å². The van der Waals surface area contributed by atoms with Crippen molar-refractivity contribution in [2.45, 2.75) is 44.6 Å². The summed E-state index contributed by atoms with van der Waals surface area (Å²) in [6.07, 6.45) is 8.48. The van der Waals surface area contributed by atoms with Gasteiger partial charge in [0.1, 0.15) is 0 Å². The molecule has 0 heterocycles. The maximum absolute atomic E-state index is 6.67. The van der Waals surface area contributed by atoms with Crippen LogP contribution >= 0.6 is 15.9 Å². The van der Waals surface area contributed by atoms with Gasteiger partial charge in [0.15, 0.2) is 0 Å². The lowest BCUT2D eigenvalue weighted by Gasteiger charge is -2.56.